The van der Waals surface area contributed by atoms with Crippen LogP contribution in [0.1, 0.15) is 37.7 Å². The predicted octanol–water partition coefficient (Wildman–Crippen LogP) is 4.44. The van der Waals surface area contributed by atoms with Gasteiger partial charge in [-0.25, -0.2) is 0 Å². The largest absolute Gasteiger partial charge is 0.312 e. The molecule has 136 valence electrons. The summed E-state index contributed by atoms with van der Waals surface area (Å²) in [5.74, 6) is 0.285. The summed E-state index contributed by atoms with van der Waals surface area (Å²) >= 11 is 0. The summed E-state index contributed by atoms with van der Waals surface area (Å²) in [6.07, 6.45) is 5.13. The first kappa shape index (κ1) is 17.3. The number of anilines is 1. The van der Waals surface area contributed by atoms with Gasteiger partial charge in [-0.2, -0.15) is 0 Å². The number of nitrogens with zero attached hydrogens (tertiary/aromatic N) is 2. The van der Waals surface area contributed by atoms with Crippen molar-refractivity contribution >= 4 is 11.6 Å². The highest BCUT2D eigenvalue weighted by Gasteiger charge is 2.50. The minimum Gasteiger partial charge on any atom is -0.312 e. The van der Waals surface area contributed by atoms with Crippen LogP contribution < -0.4 is 4.90 Å². The summed E-state index contributed by atoms with van der Waals surface area (Å²) < 4.78 is 0. The first-order chi connectivity index (χ1) is 12.5. The average Bonchev–Trinajstić information content (AvgIpc) is 3.00. The van der Waals surface area contributed by atoms with E-state index in [1.54, 1.807) is 0 Å². The Morgan fingerprint density at radius 1 is 0.846 bits per heavy atom. The van der Waals surface area contributed by atoms with Crippen LogP contribution in [0.5, 0.6) is 0 Å². The molecule has 0 N–H and O–H groups in total. The monoisotopic (exact) mass is 348 g/mol. The van der Waals surface area contributed by atoms with E-state index in [0.29, 0.717) is 6.42 Å². The van der Waals surface area contributed by atoms with Crippen LogP contribution in [0.2, 0.25) is 0 Å². The topological polar surface area (TPSA) is 23.6 Å². The molecule has 1 amide bonds. The fourth-order valence-electron chi connectivity index (χ4n) is 5.01. The number of amides is 1. The molecule has 2 aromatic rings. The standard InChI is InChI=1S/C23H28N2O/c1-24(2)23(19-9-5-3-6-10-19)15-13-22(14-16-23)17-21(26)25(18-22)20-11-7-4-8-12-20/h3-12H,13-18H2,1-2H3/t22-,23+. The molecule has 4 rings (SSSR count). The number of hydrogen-bond donors (Lipinski definition) is 0. The smallest absolute Gasteiger partial charge is 0.227 e. The molecule has 0 bridgehead atoms. The minimum atomic E-state index is 0.0930. The fraction of sp³-hybridized carbons (Fsp3) is 0.435. The molecule has 0 aromatic heterocycles. The van der Waals surface area contributed by atoms with Gasteiger partial charge < -0.3 is 4.90 Å². The maximum absolute atomic E-state index is 12.7. The molecule has 1 saturated heterocycles. The van der Waals surface area contributed by atoms with Crippen LogP contribution >= 0.6 is 0 Å². The van der Waals surface area contributed by atoms with Gasteiger partial charge in [0.2, 0.25) is 5.91 Å². The van der Waals surface area contributed by atoms with Gasteiger partial charge in [-0.05, 0) is 62.9 Å². The van der Waals surface area contributed by atoms with Crippen molar-refractivity contribution in [2.45, 2.75) is 37.6 Å². The Balaban J connectivity index is 1.55. The highest BCUT2D eigenvalue weighted by Crippen LogP contribution is 2.52. The number of rotatable bonds is 3. The molecule has 0 atom stereocenters. The lowest BCUT2D eigenvalue weighted by molar-refractivity contribution is -0.118. The Hall–Kier alpha value is -2.13. The number of benzene rings is 2. The van der Waals surface area contributed by atoms with Crippen molar-refractivity contribution in [3.05, 3.63) is 66.2 Å². The van der Waals surface area contributed by atoms with Crippen LogP contribution in [0, 0.1) is 5.41 Å². The van der Waals surface area contributed by atoms with E-state index in [-0.39, 0.29) is 16.9 Å². The SMILES string of the molecule is CN(C)[C@]1(c2ccccc2)CC[C@]2(CC1)CC(=O)N(c1ccccc1)C2. The van der Waals surface area contributed by atoms with Gasteiger partial charge >= 0.3 is 0 Å². The predicted molar refractivity (Wildman–Crippen MR) is 106 cm³/mol. The van der Waals surface area contributed by atoms with Crippen molar-refractivity contribution in [1.29, 1.82) is 0 Å². The quantitative estimate of drug-likeness (QED) is 0.819. The summed E-state index contributed by atoms with van der Waals surface area (Å²) in [5, 5.41) is 0. The van der Waals surface area contributed by atoms with E-state index in [1.807, 2.05) is 35.2 Å². The molecule has 1 aliphatic carbocycles. The minimum absolute atomic E-state index is 0.0930. The maximum atomic E-state index is 12.7. The van der Waals surface area contributed by atoms with Crippen molar-refractivity contribution in [2.24, 2.45) is 5.41 Å². The van der Waals surface area contributed by atoms with E-state index in [4.69, 9.17) is 0 Å². The van der Waals surface area contributed by atoms with Crippen molar-refractivity contribution in [3.63, 3.8) is 0 Å². The molecule has 3 nitrogen and oxygen atoms in total. The van der Waals surface area contributed by atoms with E-state index in [1.165, 1.54) is 5.56 Å². The fourth-order valence-corrected chi connectivity index (χ4v) is 5.01. The van der Waals surface area contributed by atoms with E-state index >= 15 is 0 Å². The zero-order valence-corrected chi connectivity index (χ0v) is 15.8. The van der Waals surface area contributed by atoms with Gasteiger partial charge in [-0.15, -0.1) is 0 Å². The van der Waals surface area contributed by atoms with Crippen molar-refractivity contribution < 1.29 is 4.79 Å². The Morgan fingerprint density at radius 2 is 1.42 bits per heavy atom. The zero-order valence-electron chi connectivity index (χ0n) is 15.8. The second-order valence-corrected chi connectivity index (χ2v) is 8.28. The molecule has 1 heterocycles. The summed E-state index contributed by atoms with van der Waals surface area (Å²) in [6, 6.07) is 21.0. The molecule has 2 aliphatic rings. The van der Waals surface area contributed by atoms with Gasteiger partial charge in [0.1, 0.15) is 0 Å². The Kier molecular flexibility index (Phi) is 4.36. The number of hydrogen-bond acceptors (Lipinski definition) is 2. The normalized spacial score (nSPS) is 28.9. The molecule has 1 spiro atoms. The maximum Gasteiger partial charge on any atom is 0.227 e. The van der Waals surface area contributed by atoms with Crippen molar-refractivity contribution in [2.75, 3.05) is 25.5 Å². The molecule has 1 aliphatic heterocycles. The Labute approximate surface area is 156 Å². The van der Waals surface area contributed by atoms with E-state index in [9.17, 15) is 4.79 Å². The van der Waals surface area contributed by atoms with Crippen LogP contribution in [0.4, 0.5) is 5.69 Å². The highest BCUT2D eigenvalue weighted by atomic mass is 16.2. The number of carbonyl (C=O) groups is 1. The van der Waals surface area contributed by atoms with Crippen molar-refractivity contribution in [1.82, 2.24) is 4.90 Å². The number of para-hydroxylation sites is 1. The van der Waals surface area contributed by atoms with Gasteiger partial charge in [-0.3, -0.25) is 9.69 Å². The first-order valence-corrected chi connectivity index (χ1v) is 9.63. The van der Waals surface area contributed by atoms with E-state index < -0.39 is 0 Å². The molecule has 1 saturated carbocycles. The van der Waals surface area contributed by atoms with Gasteiger partial charge in [0.05, 0.1) is 0 Å². The molecule has 3 heteroatoms. The summed E-state index contributed by atoms with van der Waals surface area (Å²) in [7, 11) is 4.39. The molecule has 2 aromatic carbocycles. The van der Waals surface area contributed by atoms with Crippen LogP contribution in [0.3, 0.4) is 0 Å². The van der Waals surface area contributed by atoms with Gasteiger partial charge in [-0.1, -0.05) is 48.5 Å². The van der Waals surface area contributed by atoms with Gasteiger partial charge in [0, 0.05) is 24.2 Å². The second kappa shape index (κ2) is 6.55. The molecule has 0 unspecified atom stereocenters. The highest BCUT2D eigenvalue weighted by molar-refractivity contribution is 5.96. The van der Waals surface area contributed by atoms with Gasteiger partial charge in [0.15, 0.2) is 0 Å². The van der Waals surface area contributed by atoms with Gasteiger partial charge in [0.25, 0.3) is 0 Å². The number of carbonyl (C=O) groups excluding carboxylic acids is 1. The van der Waals surface area contributed by atoms with Crippen LogP contribution in [-0.2, 0) is 10.3 Å². The lowest BCUT2D eigenvalue weighted by atomic mass is 9.64. The third-order valence-corrected chi connectivity index (χ3v) is 6.69. The molecular weight excluding hydrogens is 320 g/mol. The van der Waals surface area contributed by atoms with E-state index in [0.717, 1.165) is 37.9 Å². The van der Waals surface area contributed by atoms with Crippen LogP contribution in [0.25, 0.3) is 0 Å². The molecule has 0 radical (unpaired) electrons. The lowest BCUT2D eigenvalue weighted by Crippen LogP contribution is -2.47. The summed E-state index contributed by atoms with van der Waals surface area (Å²) in [5.41, 5.74) is 2.68. The third kappa shape index (κ3) is 2.84. The lowest BCUT2D eigenvalue weighted by Gasteiger charge is -2.48. The Morgan fingerprint density at radius 3 is 2.00 bits per heavy atom. The molecule has 26 heavy (non-hydrogen) atoms. The van der Waals surface area contributed by atoms with Crippen LogP contribution in [-0.4, -0.2) is 31.4 Å². The van der Waals surface area contributed by atoms with Crippen LogP contribution in [0.15, 0.2) is 60.7 Å². The summed E-state index contributed by atoms with van der Waals surface area (Å²) in [4.78, 5) is 17.1. The third-order valence-electron chi connectivity index (χ3n) is 6.69. The van der Waals surface area contributed by atoms with Crippen molar-refractivity contribution in [3.8, 4) is 0 Å². The first-order valence-electron chi connectivity index (χ1n) is 9.63. The second-order valence-electron chi connectivity index (χ2n) is 8.28. The van der Waals surface area contributed by atoms with E-state index in [2.05, 4.69) is 49.3 Å². The average molecular weight is 348 g/mol. The zero-order chi connectivity index (χ0) is 18.2. The molecule has 2 fully saturated rings. The Bertz CT molecular complexity index is 761. The summed E-state index contributed by atoms with van der Waals surface area (Å²) in [6.45, 7) is 0.869. The molecular formula is C23H28N2O.